The third kappa shape index (κ3) is 4.31. The Balaban J connectivity index is 1.99. The highest BCUT2D eigenvalue weighted by atomic mass is 16.5. The van der Waals surface area contributed by atoms with Crippen molar-refractivity contribution in [1.82, 2.24) is 4.90 Å². The maximum Gasteiger partial charge on any atom is 0.165 e. The van der Waals surface area contributed by atoms with Gasteiger partial charge in [-0.2, -0.15) is 0 Å². The minimum absolute atomic E-state index is 0.0357. The minimum atomic E-state index is 0.0357. The Morgan fingerprint density at radius 2 is 1.76 bits per heavy atom. The monoisotopic (exact) mass is 289 g/mol. The summed E-state index contributed by atoms with van der Waals surface area (Å²) in [5.74, 6) is 1.07. The van der Waals surface area contributed by atoms with E-state index in [-0.39, 0.29) is 17.9 Å². The van der Waals surface area contributed by atoms with Crippen LogP contribution in [0, 0.1) is 5.92 Å². The second-order valence-electron chi connectivity index (χ2n) is 6.12. The molecule has 1 aromatic carbocycles. The van der Waals surface area contributed by atoms with Crippen molar-refractivity contribution >= 4 is 5.78 Å². The number of carbonyl (C=O) groups excluding carboxylic acids is 1. The first-order chi connectivity index (χ1) is 10.1. The van der Waals surface area contributed by atoms with E-state index in [0.29, 0.717) is 0 Å². The average molecular weight is 289 g/mol. The predicted molar refractivity (Wildman–Crippen MR) is 85.7 cm³/mol. The van der Waals surface area contributed by atoms with Gasteiger partial charge in [-0.05, 0) is 43.5 Å². The zero-order chi connectivity index (χ0) is 15.2. The Labute approximate surface area is 128 Å². The maximum atomic E-state index is 11.9. The number of benzene rings is 1. The van der Waals surface area contributed by atoms with Gasteiger partial charge in [0.2, 0.25) is 0 Å². The molecule has 3 heteroatoms. The molecule has 1 saturated heterocycles. The molecular formula is C18H27NO2. The van der Waals surface area contributed by atoms with Gasteiger partial charge in [-0.1, -0.05) is 27.2 Å². The SMILES string of the molecule is CCC(Oc1ccc(C(=O)C(C)C)cc1)N1CCCCC1. The van der Waals surface area contributed by atoms with E-state index in [1.54, 1.807) is 0 Å². The van der Waals surface area contributed by atoms with Crippen LogP contribution >= 0.6 is 0 Å². The van der Waals surface area contributed by atoms with Crippen molar-refractivity contribution in [3.8, 4) is 5.75 Å². The van der Waals surface area contributed by atoms with E-state index in [9.17, 15) is 4.79 Å². The van der Waals surface area contributed by atoms with Gasteiger partial charge in [-0.25, -0.2) is 0 Å². The summed E-state index contributed by atoms with van der Waals surface area (Å²) in [6, 6.07) is 7.59. The van der Waals surface area contributed by atoms with Crippen LogP contribution in [0.5, 0.6) is 5.75 Å². The van der Waals surface area contributed by atoms with Crippen LogP contribution in [-0.2, 0) is 0 Å². The Morgan fingerprint density at radius 3 is 2.29 bits per heavy atom. The molecule has 0 radical (unpaired) electrons. The Morgan fingerprint density at radius 1 is 1.14 bits per heavy atom. The summed E-state index contributed by atoms with van der Waals surface area (Å²) in [4.78, 5) is 14.4. The van der Waals surface area contributed by atoms with Gasteiger partial charge >= 0.3 is 0 Å². The van der Waals surface area contributed by atoms with Crippen molar-refractivity contribution in [2.24, 2.45) is 5.92 Å². The van der Waals surface area contributed by atoms with Gasteiger partial charge in [0.1, 0.15) is 5.75 Å². The third-order valence-corrected chi connectivity index (χ3v) is 4.08. The Kier molecular flexibility index (Phi) is 5.80. The fourth-order valence-corrected chi connectivity index (χ4v) is 2.81. The average Bonchev–Trinajstić information content (AvgIpc) is 2.53. The highest BCUT2D eigenvalue weighted by Crippen LogP contribution is 2.20. The molecule has 1 unspecified atom stereocenters. The smallest absolute Gasteiger partial charge is 0.165 e. The van der Waals surface area contributed by atoms with E-state index < -0.39 is 0 Å². The van der Waals surface area contributed by atoms with Gasteiger partial charge in [0.15, 0.2) is 12.0 Å². The molecule has 3 nitrogen and oxygen atoms in total. The van der Waals surface area contributed by atoms with Crippen molar-refractivity contribution in [2.45, 2.75) is 52.7 Å². The molecule has 1 fully saturated rings. The highest BCUT2D eigenvalue weighted by Gasteiger charge is 2.20. The van der Waals surface area contributed by atoms with Crippen LogP contribution in [0.25, 0.3) is 0 Å². The second kappa shape index (κ2) is 7.60. The number of nitrogens with zero attached hydrogens (tertiary/aromatic N) is 1. The van der Waals surface area contributed by atoms with Gasteiger partial charge < -0.3 is 4.74 Å². The zero-order valence-corrected chi connectivity index (χ0v) is 13.5. The van der Waals surface area contributed by atoms with Crippen LogP contribution in [0.4, 0.5) is 0 Å². The molecule has 1 aliphatic rings. The lowest BCUT2D eigenvalue weighted by Crippen LogP contribution is -2.42. The van der Waals surface area contributed by atoms with Crippen LogP contribution in [0.1, 0.15) is 56.8 Å². The largest absolute Gasteiger partial charge is 0.475 e. The van der Waals surface area contributed by atoms with Crippen LogP contribution in [0.2, 0.25) is 0 Å². The molecule has 0 saturated carbocycles. The van der Waals surface area contributed by atoms with E-state index >= 15 is 0 Å². The standard InChI is InChI=1S/C18H27NO2/c1-4-17(19-12-6-5-7-13-19)21-16-10-8-15(9-11-16)18(20)14(2)3/h8-11,14,17H,4-7,12-13H2,1-3H3. The van der Waals surface area contributed by atoms with E-state index in [1.807, 2.05) is 38.1 Å². The zero-order valence-electron chi connectivity index (χ0n) is 13.5. The van der Waals surface area contributed by atoms with Crippen LogP contribution in [0.15, 0.2) is 24.3 Å². The molecule has 0 aromatic heterocycles. The third-order valence-electron chi connectivity index (χ3n) is 4.08. The number of carbonyl (C=O) groups is 1. The summed E-state index contributed by atoms with van der Waals surface area (Å²) in [5.41, 5.74) is 0.767. The Bertz CT molecular complexity index is 447. The molecular weight excluding hydrogens is 262 g/mol. The van der Waals surface area contributed by atoms with Gasteiger partial charge in [-0.15, -0.1) is 0 Å². The van der Waals surface area contributed by atoms with E-state index in [4.69, 9.17) is 4.74 Å². The first-order valence-corrected chi connectivity index (χ1v) is 8.16. The molecule has 1 heterocycles. The van der Waals surface area contributed by atoms with Crippen LogP contribution in [-0.4, -0.2) is 30.0 Å². The summed E-state index contributed by atoms with van der Waals surface area (Å²) in [5, 5.41) is 0. The summed E-state index contributed by atoms with van der Waals surface area (Å²) in [6.45, 7) is 8.27. The van der Waals surface area contributed by atoms with E-state index in [0.717, 1.165) is 30.8 Å². The quantitative estimate of drug-likeness (QED) is 0.738. The molecule has 1 aliphatic heterocycles. The summed E-state index contributed by atoms with van der Waals surface area (Å²) >= 11 is 0. The number of Topliss-reactive ketones (excluding diaryl/α,β-unsaturated/α-hetero) is 1. The molecule has 2 rings (SSSR count). The number of ether oxygens (including phenoxy) is 1. The molecule has 21 heavy (non-hydrogen) atoms. The number of rotatable bonds is 6. The second-order valence-corrected chi connectivity index (χ2v) is 6.12. The molecule has 1 aromatic rings. The number of hydrogen-bond donors (Lipinski definition) is 0. The molecule has 116 valence electrons. The fourth-order valence-electron chi connectivity index (χ4n) is 2.81. The number of likely N-dealkylation sites (tertiary alicyclic amines) is 1. The topological polar surface area (TPSA) is 29.5 Å². The van der Waals surface area contributed by atoms with Gasteiger partial charge in [0.05, 0.1) is 0 Å². The minimum Gasteiger partial charge on any atom is -0.475 e. The summed E-state index contributed by atoms with van der Waals surface area (Å²) < 4.78 is 6.11. The van der Waals surface area contributed by atoms with Crippen molar-refractivity contribution in [1.29, 1.82) is 0 Å². The first kappa shape index (κ1) is 16.0. The fraction of sp³-hybridized carbons (Fsp3) is 0.611. The van der Waals surface area contributed by atoms with E-state index in [1.165, 1.54) is 19.3 Å². The number of hydrogen-bond acceptors (Lipinski definition) is 3. The maximum absolute atomic E-state index is 11.9. The molecule has 0 amide bonds. The molecule has 0 aliphatic carbocycles. The van der Waals surface area contributed by atoms with Crippen molar-refractivity contribution in [2.75, 3.05) is 13.1 Å². The van der Waals surface area contributed by atoms with Crippen LogP contribution in [0.3, 0.4) is 0 Å². The van der Waals surface area contributed by atoms with Gasteiger partial charge in [0, 0.05) is 24.6 Å². The van der Waals surface area contributed by atoms with Crippen molar-refractivity contribution in [3.05, 3.63) is 29.8 Å². The van der Waals surface area contributed by atoms with Crippen LogP contribution < -0.4 is 4.74 Å². The lowest BCUT2D eigenvalue weighted by molar-refractivity contribution is 0.00982. The molecule has 0 N–H and O–H groups in total. The molecule has 0 bridgehead atoms. The number of piperidine rings is 1. The summed E-state index contributed by atoms with van der Waals surface area (Å²) in [7, 11) is 0. The lowest BCUT2D eigenvalue weighted by Gasteiger charge is -2.34. The van der Waals surface area contributed by atoms with Crippen molar-refractivity contribution < 1.29 is 9.53 Å². The molecule has 0 spiro atoms. The normalized spacial score (nSPS) is 17.7. The summed E-state index contributed by atoms with van der Waals surface area (Å²) in [6.07, 6.45) is 4.99. The Hall–Kier alpha value is -1.35. The van der Waals surface area contributed by atoms with Gasteiger partial charge in [-0.3, -0.25) is 9.69 Å². The highest BCUT2D eigenvalue weighted by molar-refractivity contribution is 5.97. The number of ketones is 1. The lowest BCUT2D eigenvalue weighted by atomic mass is 10.0. The van der Waals surface area contributed by atoms with Crippen molar-refractivity contribution in [3.63, 3.8) is 0 Å². The van der Waals surface area contributed by atoms with E-state index in [2.05, 4.69) is 11.8 Å². The predicted octanol–water partition coefficient (Wildman–Crippen LogP) is 4.13. The molecule has 1 atom stereocenters. The van der Waals surface area contributed by atoms with Gasteiger partial charge in [0.25, 0.3) is 0 Å². The first-order valence-electron chi connectivity index (χ1n) is 8.16.